The van der Waals surface area contributed by atoms with Gasteiger partial charge in [0.1, 0.15) is 11.3 Å². The van der Waals surface area contributed by atoms with Gasteiger partial charge in [0.15, 0.2) is 5.65 Å². The average molecular weight is 306 g/mol. The Labute approximate surface area is 119 Å². The highest BCUT2D eigenvalue weighted by molar-refractivity contribution is 6.20. The summed E-state index contributed by atoms with van der Waals surface area (Å²) in [6, 6.07) is 0.974. The molecule has 2 rings (SSSR count). The Hall–Kier alpha value is -1.30. The van der Waals surface area contributed by atoms with Gasteiger partial charge in [-0.05, 0) is 32.4 Å². The fourth-order valence-electron chi connectivity index (χ4n) is 2.27. The molecule has 0 aliphatic heterocycles. The summed E-state index contributed by atoms with van der Waals surface area (Å²) in [7, 11) is 0. The molecular formula is C13H15ClF3N3. The van der Waals surface area contributed by atoms with Gasteiger partial charge < -0.3 is 4.57 Å². The lowest BCUT2D eigenvalue weighted by atomic mass is 10.2. The van der Waals surface area contributed by atoms with Crippen LogP contribution >= 0.6 is 11.6 Å². The third-order valence-electron chi connectivity index (χ3n) is 3.13. The van der Waals surface area contributed by atoms with Gasteiger partial charge in [-0.15, -0.1) is 11.6 Å². The minimum Gasteiger partial charge on any atom is -0.308 e. The Morgan fingerprint density at radius 1 is 1.35 bits per heavy atom. The summed E-state index contributed by atoms with van der Waals surface area (Å²) in [4.78, 5) is 8.53. The van der Waals surface area contributed by atoms with Crippen LogP contribution in [0.15, 0.2) is 12.3 Å². The maximum atomic E-state index is 12.6. The van der Waals surface area contributed by atoms with Crippen molar-refractivity contribution in [3.8, 4) is 0 Å². The van der Waals surface area contributed by atoms with E-state index in [9.17, 15) is 13.2 Å². The second-order valence-corrected chi connectivity index (χ2v) is 5.58. The second kappa shape index (κ2) is 5.24. The van der Waals surface area contributed by atoms with Crippen LogP contribution < -0.4 is 0 Å². The number of aryl methyl sites for hydroxylation is 1. The zero-order valence-corrected chi connectivity index (χ0v) is 12.1. The molecule has 2 heterocycles. The van der Waals surface area contributed by atoms with Crippen molar-refractivity contribution in [2.75, 3.05) is 0 Å². The highest BCUT2D eigenvalue weighted by atomic mass is 35.5. The van der Waals surface area contributed by atoms with Crippen molar-refractivity contribution in [2.45, 2.75) is 44.8 Å². The molecule has 0 aliphatic rings. The molecule has 2 aromatic rings. The van der Waals surface area contributed by atoms with Crippen LogP contribution in [-0.4, -0.2) is 20.7 Å². The van der Waals surface area contributed by atoms with E-state index in [1.807, 2.05) is 6.92 Å². The minimum atomic E-state index is -4.24. The molecule has 2 unspecified atom stereocenters. The Morgan fingerprint density at radius 3 is 2.55 bits per heavy atom. The van der Waals surface area contributed by atoms with Crippen LogP contribution in [0.4, 0.5) is 13.2 Å². The molecule has 0 saturated carbocycles. The van der Waals surface area contributed by atoms with E-state index in [0.29, 0.717) is 17.0 Å². The van der Waals surface area contributed by atoms with Crippen LogP contribution in [0.25, 0.3) is 11.2 Å². The topological polar surface area (TPSA) is 30.7 Å². The summed E-state index contributed by atoms with van der Waals surface area (Å²) in [5.74, 6) is 0.417. The number of pyridine rings is 1. The van der Waals surface area contributed by atoms with Crippen molar-refractivity contribution < 1.29 is 13.2 Å². The molecule has 0 spiro atoms. The molecule has 0 bridgehead atoms. The van der Waals surface area contributed by atoms with Crippen LogP contribution in [0.1, 0.15) is 43.1 Å². The van der Waals surface area contributed by atoms with Gasteiger partial charge in [0, 0.05) is 12.2 Å². The molecule has 2 aromatic heterocycles. The quantitative estimate of drug-likeness (QED) is 0.779. The summed E-state index contributed by atoms with van der Waals surface area (Å²) in [6.45, 7) is 5.04. The predicted molar refractivity (Wildman–Crippen MR) is 71.9 cm³/mol. The molecule has 0 saturated heterocycles. The molecule has 2 atom stereocenters. The molecule has 0 N–H and O–H groups in total. The number of halogens is 4. The van der Waals surface area contributed by atoms with E-state index < -0.39 is 24.0 Å². The van der Waals surface area contributed by atoms with E-state index in [1.165, 1.54) is 11.5 Å². The first-order valence-electron chi connectivity index (χ1n) is 6.25. The van der Waals surface area contributed by atoms with Crippen LogP contribution in [-0.2, 0) is 0 Å². The highest BCUT2D eigenvalue weighted by Gasteiger charge is 2.33. The average Bonchev–Trinajstić information content (AvgIpc) is 2.67. The molecule has 0 amide bonds. The van der Waals surface area contributed by atoms with Gasteiger partial charge in [0.05, 0.1) is 11.8 Å². The smallest absolute Gasteiger partial charge is 0.308 e. The highest BCUT2D eigenvalue weighted by Crippen LogP contribution is 2.33. The summed E-state index contributed by atoms with van der Waals surface area (Å²) in [6.07, 6.45) is -3.61. The van der Waals surface area contributed by atoms with Gasteiger partial charge >= 0.3 is 6.18 Å². The predicted octanol–water partition coefficient (Wildman–Crippen LogP) is 4.55. The van der Waals surface area contributed by atoms with Gasteiger partial charge in [0.25, 0.3) is 0 Å². The van der Waals surface area contributed by atoms with Crippen molar-refractivity contribution in [2.24, 2.45) is 0 Å². The summed E-state index contributed by atoms with van der Waals surface area (Å²) in [5.41, 5.74) is 1.92. The third-order valence-corrected chi connectivity index (χ3v) is 3.33. The Balaban J connectivity index is 2.60. The minimum absolute atomic E-state index is 0.417. The first-order chi connectivity index (χ1) is 9.20. The first-order valence-corrected chi connectivity index (χ1v) is 6.68. The van der Waals surface area contributed by atoms with Gasteiger partial charge in [-0.1, -0.05) is 0 Å². The van der Waals surface area contributed by atoms with E-state index in [1.54, 1.807) is 19.2 Å². The van der Waals surface area contributed by atoms with Gasteiger partial charge in [-0.25, -0.2) is 9.97 Å². The van der Waals surface area contributed by atoms with Crippen molar-refractivity contribution in [3.05, 3.63) is 23.7 Å². The SMILES string of the molecule is Cc1ccnc2c1nc(C(C)Cl)n2C(C)CC(F)(F)F. The van der Waals surface area contributed by atoms with E-state index in [4.69, 9.17) is 11.6 Å². The van der Waals surface area contributed by atoms with Crippen molar-refractivity contribution in [1.29, 1.82) is 0 Å². The van der Waals surface area contributed by atoms with E-state index in [2.05, 4.69) is 9.97 Å². The number of hydrogen-bond donors (Lipinski definition) is 0. The monoisotopic (exact) mass is 305 g/mol. The van der Waals surface area contributed by atoms with Crippen LogP contribution in [0, 0.1) is 6.92 Å². The van der Waals surface area contributed by atoms with E-state index in [0.717, 1.165) is 5.56 Å². The van der Waals surface area contributed by atoms with Crippen molar-refractivity contribution in [1.82, 2.24) is 14.5 Å². The van der Waals surface area contributed by atoms with E-state index >= 15 is 0 Å². The number of nitrogens with zero attached hydrogens (tertiary/aromatic N) is 3. The number of fused-ring (bicyclic) bond motifs is 1. The van der Waals surface area contributed by atoms with Crippen LogP contribution in [0.3, 0.4) is 0 Å². The number of imidazole rings is 1. The fraction of sp³-hybridized carbons (Fsp3) is 0.538. The molecule has 3 nitrogen and oxygen atoms in total. The van der Waals surface area contributed by atoms with Gasteiger partial charge in [0.2, 0.25) is 0 Å². The Morgan fingerprint density at radius 2 is 2.00 bits per heavy atom. The molecule has 0 radical (unpaired) electrons. The van der Waals surface area contributed by atoms with Crippen LogP contribution in [0.2, 0.25) is 0 Å². The number of aromatic nitrogens is 3. The van der Waals surface area contributed by atoms with Crippen molar-refractivity contribution >= 4 is 22.8 Å². The maximum absolute atomic E-state index is 12.6. The third kappa shape index (κ3) is 2.90. The molecule has 0 aliphatic carbocycles. The standard InChI is InChI=1S/C13H15ClF3N3/c1-7-4-5-18-12-10(7)19-11(9(3)14)20(12)8(2)6-13(15,16)17/h4-5,8-9H,6H2,1-3H3. The zero-order valence-electron chi connectivity index (χ0n) is 11.4. The zero-order chi connectivity index (χ0) is 15.1. The van der Waals surface area contributed by atoms with E-state index in [-0.39, 0.29) is 0 Å². The number of alkyl halides is 4. The lowest BCUT2D eigenvalue weighted by molar-refractivity contribution is -0.141. The van der Waals surface area contributed by atoms with Gasteiger partial charge in [-0.3, -0.25) is 0 Å². The number of rotatable bonds is 3. The van der Waals surface area contributed by atoms with Crippen molar-refractivity contribution in [3.63, 3.8) is 0 Å². The first kappa shape index (κ1) is 15.1. The Bertz CT molecular complexity index is 619. The van der Waals surface area contributed by atoms with Gasteiger partial charge in [-0.2, -0.15) is 13.2 Å². The summed E-state index contributed by atoms with van der Waals surface area (Å²) in [5, 5.41) is -0.487. The molecular weight excluding hydrogens is 291 g/mol. The molecule has 0 aromatic carbocycles. The molecule has 7 heteroatoms. The summed E-state index contributed by atoms with van der Waals surface area (Å²) >= 11 is 6.06. The number of hydrogen-bond acceptors (Lipinski definition) is 2. The molecule has 110 valence electrons. The lowest BCUT2D eigenvalue weighted by Gasteiger charge is -2.19. The maximum Gasteiger partial charge on any atom is 0.391 e. The molecule has 20 heavy (non-hydrogen) atoms. The van der Waals surface area contributed by atoms with Crippen LogP contribution in [0.5, 0.6) is 0 Å². The largest absolute Gasteiger partial charge is 0.391 e. The molecule has 0 fully saturated rings. The lowest BCUT2D eigenvalue weighted by Crippen LogP contribution is -2.18. The normalized spacial score (nSPS) is 15.6. The fourth-order valence-corrected chi connectivity index (χ4v) is 2.42. The summed E-state index contributed by atoms with van der Waals surface area (Å²) < 4.78 is 39.4. The Kier molecular flexibility index (Phi) is 3.95. The second-order valence-electron chi connectivity index (χ2n) is 4.92.